The summed E-state index contributed by atoms with van der Waals surface area (Å²) in [5.41, 5.74) is -0.556. The smallest absolute Gasteiger partial charge is 0.251 e. The van der Waals surface area contributed by atoms with Gasteiger partial charge in [0.1, 0.15) is 17.3 Å². The number of nitrogens with one attached hydrogen (secondary N) is 2. The van der Waals surface area contributed by atoms with E-state index in [1.54, 1.807) is 0 Å². The number of rotatable bonds is 6. The molecular weight excluding hydrogens is 262 g/mol. The average Bonchev–Trinajstić information content (AvgIpc) is 2.44. The molecule has 0 aliphatic rings. The number of hydrogen-bond donors (Lipinski definition) is 2. The molecule has 0 radical (unpaired) electrons. The molecule has 0 aliphatic heterocycles. The molecule has 112 valence electrons. The molecule has 0 aromatic heterocycles. The number of carbonyl (C=O) groups is 1. The third-order valence-corrected chi connectivity index (χ3v) is 3.96. The highest BCUT2D eigenvalue weighted by Gasteiger charge is 2.27. The second kappa shape index (κ2) is 6.68. The van der Waals surface area contributed by atoms with E-state index in [-0.39, 0.29) is 16.8 Å². The molecule has 0 spiro atoms. The molecule has 20 heavy (non-hydrogen) atoms. The molecule has 0 saturated heterocycles. The van der Waals surface area contributed by atoms with Gasteiger partial charge in [-0.15, -0.1) is 0 Å². The van der Waals surface area contributed by atoms with Crippen LogP contribution in [0.2, 0.25) is 0 Å². The zero-order valence-corrected chi connectivity index (χ0v) is 12.4. The first-order valence-electron chi connectivity index (χ1n) is 6.92. The number of amides is 1. The van der Waals surface area contributed by atoms with Crippen LogP contribution in [-0.4, -0.2) is 18.5 Å². The fourth-order valence-electron chi connectivity index (χ4n) is 2.27. The predicted molar refractivity (Wildman–Crippen MR) is 77.0 cm³/mol. The summed E-state index contributed by atoms with van der Waals surface area (Å²) < 4.78 is 27.3. The maximum Gasteiger partial charge on any atom is 0.251 e. The molecule has 1 aromatic rings. The van der Waals surface area contributed by atoms with E-state index in [9.17, 15) is 13.6 Å². The molecule has 1 rings (SSSR count). The van der Waals surface area contributed by atoms with Crippen LogP contribution in [0.15, 0.2) is 12.1 Å². The van der Waals surface area contributed by atoms with Crippen LogP contribution in [0.3, 0.4) is 0 Å². The number of hydrogen-bond acceptors (Lipinski definition) is 2. The van der Waals surface area contributed by atoms with Gasteiger partial charge in [0, 0.05) is 18.2 Å². The van der Waals surface area contributed by atoms with E-state index in [0.717, 1.165) is 31.4 Å². The van der Waals surface area contributed by atoms with Crippen LogP contribution in [0.1, 0.15) is 50.4 Å². The lowest BCUT2D eigenvalue weighted by Crippen LogP contribution is -2.47. The van der Waals surface area contributed by atoms with Crippen molar-refractivity contribution in [2.75, 3.05) is 12.4 Å². The van der Waals surface area contributed by atoms with Crippen molar-refractivity contribution >= 4 is 11.6 Å². The summed E-state index contributed by atoms with van der Waals surface area (Å²) in [7, 11) is 1.43. The Balaban J connectivity index is 3.04. The minimum atomic E-state index is -0.771. The summed E-state index contributed by atoms with van der Waals surface area (Å²) in [6, 6.07) is 2.10. The molecule has 0 atom stereocenters. The lowest BCUT2D eigenvalue weighted by Gasteiger charge is -2.31. The highest BCUT2D eigenvalue weighted by atomic mass is 19.1. The topological polar surface area (TPSA) is 41.1 Å². The van der Waals surface area contributed by atoms with Gasteiger partial charge in [0.25, 0.3) is 5.91 Å². The van der Waals surface area contributed by atoms with Crippen molar-refractivity contribution in [2.24, 2.45) is 0 Å². The molecule has 0 heterocycles. The van der Waals surface area contributed by atoms with Crippen molar-refractivity contribution in [3.63, 3.8) is 0 Å². The largest absolute Gasteiger partial charge is 0.383 e. The lowest BCUT2D eigenvalue weighted by atomic mass is 9.89. The van der Waals surface area contributed by atoms with E-state index in [2.05, 4.69) is 10.6 Å². The van der Waals surface area contributed by atoms with Crippen molar-refractivity contribution in [1.29, 1.82) is 0 Å². The monoisotopic (exact) mass is 284 g/mol. The molecule has 0 saturated carbocycles. The first-order valence-corrected chi connectivity index (χ1v) is 6.92. The van der Waals surface area contributed by atoms with Crippen LogP contribution in [0.5, 0.6) is 0 Å². The molecule has 1 amide bonds. The van der Waals surface area contributed by atoms with Crippen molar-refractivity contribution in [2.45, 2.75) is 45.6 Å². The van der Waals surface area contributed by atoms with Gasteiger partial charge in [-0.1, -0.05) is 20.8 Å². The zero-order chi connectivity index (χ0) is 15.3. The van der Waals surface area contributed by atoms with Crippen molar-refractivity contribution in [3.8, 4) is 0 Å². The Labute approximate surface area is 118 Å². The van der Waals surface area contributed by atoms with Gasteiger partial charge in [0.15, 0.2) is 0 Å². The number of benzene rings is 1. The maximum atomic E-state index is 13.7. The molecule has 0 aliphatic carbocycles. The summed E-state index contributed by atoms with van der Waals surface area (Å²) in [5.74, 6) is -1.99. The van der Waals surface area contributed by atoms with Crippen LogP contribution >= 0.6 is 0 Å². The Bertz CT molecular complexity index is 453. The second-order valence-corrected chi connectivity index (χ2v) is 4.86. The van der Waals surface area contributed by atoms with Gasteiger partial charge < -0.3 is 10.6 Å². The highest BCUT2D eigenvalue weighted by Crippen LogP contribution is 2.23. The van der Waals surface area contributed by atoms with E-state index in [1.807, 2.05) is 20.8 Å². The van der Waals surface area contributed by atoms with Crippen LogP contribution in [0, 0.1) is 11.6 Å². The molecule has 5 heteroatoms. The minimum absolute atomic E-state index is 0.00118. The Kier molecular flexibility index (Phi) is 5.48. The van der Waals surface area contributed by atoms with Crippen LogP contribution in [-0.2, 0) is 0 Å². The lowest BCUT2D eigenvalue weighted by molar-refractivity contribution is 0.0887. The number of halogens is 2. The molecule has 2 N–H and O–H groups in total. The van der Waals surface area contributed by atoms with Gasteiger partial charge in [-0.3, -0.25) is 4.79 Å². The summed E-state index contributed by atoms with van der Waals surface area (Å²) in [6.07, 6.45) is 2.31. The first-order chi connectivity index (χ1) is 9.42. The third-order valence-electron chi connectivity index (χ3n) is 3.96. The van der Waals surface area contributed by atoms with Crippen LogP contribution in [0.25, 0.3) is 0 Å². The molecule has 0 bridgehead atoms. The minimum Gasteiger partial charge on any atom is -0.383 e. The maximum absolute atomic E-state index is 13.7. The summed E-state index contributed by atoms with van der Waals surface area (Å²) in [5, 5.41) is 5.32. The van der Waals surface area contributed by atoms with Crippen LogP contribution in [0.4, 0.5) is 14.5 Å². The van der Waals surface area contributed by atoms with Gasteiger partial charge in [-0.05, 0) is 31.4 Å². The van der Waals surface area contributed by atoms with E-state index >= 15 is 0 Å². The van der Waals surface area contributed by atoms with Gasteiger partial charge >= 0.3 is 0 Å². The Morgan fingerprint density at radius 1 is 1.10 bits per heavy atom. The Morgan fingerprint density at radius 3 is 1.90 bits per heavy atom. The normalized spacial score (nSPS) is 11.3. The standard InChI is InChI=1S/C15H22F2N2O/c1-5-15(6-2,7-3)19-14(20)10-8-11(16)13(18-4)12(17)9-10/h8-9,18H,5-7H2,1-4H3,(H,19,20). The zero-order valence-electron chi connectivity index (χ0n) is 12.4. The van der Waals surface area contributed by atoms with E-state index < -0.39 is 17.5 Å². The molecule has 1 aromatic carbocycles. The quantitative estimate of drug-likeness (QED) is 0.836. The van der Waals surface area contributed by atoms with Gasteiger partial charge in [-0.2, -0.15) is 0 Å². The Hall–Kier alpha value is -1.65. The van der Waals surface area contributed by atoms with E-state index in [1.165, 1.54) is 7.05 Å². The second-order valence-electron chi connectivity index (χ2n) is 4.86. The summed E-state index contributed by atoms with van der Waals surface area (Å²) in [6.45, 7) is 5.95. The van der Waals surface area contributed by atoms with Crippen LogP contribution < -0.4 is 10.6 Å². The fourth-order valence-corrected chi connectivity index (χ4v) is 2.27. The van der Waals surface area contributed by atoms with Gasteiger partial charge in [0.2, 0.25) is 0 Å². The number of anilines is 1. The van der Waals surface area contributed by atoms with Gasteiger partial charge in [-0.25, -0.2) is 8.78 Å². The van der Waals surface area contributed by atoms with Crippen molar-refractivity contribution < 1.29 is 13.6 Å². The summed E-state index contributed by atoms with van der Waals surface area (Å²) in [4.78, 5) is 12.2. The average molecular weight is 284 g/mol. The molecule has 3 nitrogen and oxygen atoms in total. The third kappa shape index (κ3) is 3.26. The van der Waals surface area contributed by atoms with Gasteiger partial charge in [0.05, 0.1) is 0 Å². The predicted octanol–water partition coefficient (Wildman–Crippen LogP) is 3.71. The van der Waals surface area contributed by atoms with Crippen molar-refractivity contribution in [1.82, 2.24) is 5.32 Å². The molecule has 0 unspecified atom stereocenters. The van der Waals surface area contributed by atoms with Crippen molar-refractivity contribution in [3.05, 3.63) is 29.3 Å². The molecule has 0 fully saturated rings. The SMILES string of the molecule is CCC(CC)(CC)NC(=O)c1cc(F)c(NC)c(F)c1. The fraction of sp³-hybridized carbons (Fsp3) is 0.533. The molecular formula is C15H22F2N2O. The van der Waals surface area contributed by atoms with E-state index in [0.29, 0.717) is 0 Å². The number of carbonyl (C=O) groups excluding carboxylic acids is 1. The van der Waals surface area contributed by atoms with E-state index in [4.69, 9.17) is 0 Å². The summed E-state index contributed by atoms with van der Waals surface area (Å²) >= 11 is 0. The highest BCUT2D eigenvalue weighted by molar-refractivity contribution is 5.95. The Morgan fingerprint density at radius 2 is 1.55 bits per heavy atom. The first kappa shape index (κ1) is 16.4.